The zero-order valence-corrected chi connectivity index (χ0v) is 13.0. The number of nitriles is 1. The number of thiophene rings is 1. The monoisotopic (exact) mass is 303 g/mol. The van der Waals surface area contributed by atoms with Crippen LogP contribution in [0.1, 0.15) is 23.0 Å². The summed E-state index contributed by atoms with van der Waals surface area (Å²) in [5, 5.41) is 9.52. The van der Waals surface area contributed by atoms with Gasteiger partial charge in [0.1, 0.15) is 10.6 Å². The van der Waals surface area contributed by atoms with E-state index in [0.717, 1.165) is 10.1 Å². The Hall–Kier alpha value is -2.26. The van der Waals surface area contributed by atoms with Gasteiger partial charge in [0.05, 0.1) is 30.7 Å². The minimum atomic E-state index is -0.168. The Kier molecular flexibility index (Phi) is 4.34. The minimum absolute atomic E-state index is 0.158. The molecule has 21 heavy (non-hydrogen) atoms. The fourth-order valence-electron chi connectivity index (χ4n) is 2.10. The van der Waals surface area contributed by atoms with Gasteiger partial charge in [-0.2, -0.15) is 5.26 Å². The molecule has 0 spiro atoms. The topological polar surface area (TPSA) is 79.3 Å². The predicted octanol–water partition coefficient (Wildman–Crippen LogP) is 2.87. The molecule has 0 bridgehead atoms. The average Bonchev–Trinajstić information content (AvgIpc) is 2.83. The molecule has 0 fully saturated rings. The van der Waals surface area contributed by atoms with Gasteiger partial charge in [-0.3, -0.25) is 4.79 Å². The number of rotatable bonds is 4. The number of carbonyl (C=O) groups is 1. The molecular weight excluding hydrogens is 286 g/mol. The van der Waals surface area contributed by atoms with Crippen molar-refractivity contribution in [3.05, 3.63) is 23.1 Å². The summed E-state index contributed by atoms with van der Waals surface area (Å²) >= 11 is 1.35. The van der Waals surface area contributed by atoms with Crippen LogP contribution in [0.3, 0.4) is 0 Å². The highest BCUT2D eigenvalue weighted by molar-refractivity contribution is 7.21. The number of fused-ring (bicyclic) bond motifs is 1. The number of anilines is 1. The van der Waals surface area contributed by atoms with Crippen LogP contribution in [0.25, 0.3) is 10.1 Å². The first-order valence-corrected chi connectivity index (χ1v) is 7.32. The van der Waals surface area contributed by atoms with Crippen molar-refractivity contribution in [2.75, 3.05) is 19.9 Å². The molecule has 2 N–H and O–H groups in total. The molecule has 1 amide bonds. The van der Waals surface area contributed by atoms with E-state index in [0.29, 0.717) is 16.3 Å². The van der Waals surface area contributed by atoms with E-state index in [9.17, 15) is 4.79 Å². The number of nitrogens with two attached hydrogens (primary N) is 1. The van der Waals surface area contributed by atoms with Gasteiger partial charge in [0, 0.05) is 17.8 Å². The van der Waals surface area contributed by atoms with E-state index < -0.39 is 0 Å². The third-order valence-electron chi connectivity index (χ3n) is 3.50. The summed E-state index contributed by atoms with van der Waals surface area (Å²) in [6.45, 7) is 1.84. The number of hydrogen-bond acceptors (Lipinski definition) is 5. The van der Waals surface area contributed by atoms with E-state index in [2.05, 4.69) is 6.07 Å². The van der Waals surface area contributed by atoms with Crippen molar-refractivity contribution in [2.24, 2.45) is 0 Å². The SMILES string of the molecule is COc1cccc2sc(C(=O)N(C)C(C)CC#N)c(N)c12. The Labute approximate surface area is 127 Å². The molecule has 1 aromatic heterocycles. The maximum Gasteiger partial charge on any atom is 0.266 e. The van der Waals surface area contributed by atoms with Crippen molar-refractivity contribution in [1.82, 2.24) is 4.90 Å². The fraction of sp³-hybridized carbons (Fsp3) is 0.333. The van der Waals surface area contributed by atoms with E-state index in [1.54, 1.807) is 19.1 Å². The molecule has 0 aliphatic heterocycles. The number of methoxy groups -OCH3 is 1. The van der Waals surface area contributed by atoms with Crippen molar-refractivity contribution in [3.8, 4) is 11.8 Å². The Morgan fingerprint density at radius 3 is 2.90 bits per heavy atom. The molecule has 2 rings (SSSR count). The Morgan fingerprint density at radius 1 is 1.57 bits per heavy atom. The Morgan fingerprint density at radius 2 is 2.29 bits per heavy atom. The highest BCUT2D eigenvalue weighted by Gasteiger charge is 2.24. The van der Waals surface area contributed by atoms with Crippen LogP contribution in [-0.4, -0.2) is 31.0 Å². The molecule has 1 unspecified atom stereocenters. The van der Waals surface area contributed by atoms with Crippen LogP contribution in [0, 0.1) is 11.3 Å². The largest absolute Gasteiger partial charge is 0.496 e. The molecule has 5 nitrogen and oxygen atoms in total. The molecule has 0 aliphatic carbocycles. The van der Waals surface area contributed by atoms with Crippen molar-refractivity contribution < 1.29 is 9.53 Å². The predicted molar refractivity (Wildman–Crippen MR) is 84.6 cm³/mol. The summed E-state index contributed by atoms with van der Waals surface area (Å²) in [7, 11) is 3.26. The van der Waals surface area contributed by atoms with E-state index in [1.807, 2.05) is 25.1 Å². The van der Waals surface area contributed by atoms with Crippen molar-refractivity contribution >= 4 is 33.0 Å². The molecule has 110 valence electrons. The molecule has 1 aromatic carbocycles. The van der Waals surface area contributed by atoms with Crippen molar-refractivity contribution in [3.63, 3.8) is 0 Å². The number of nitrogen functional groups attached to an aromatic ring is 1. The first kappa shape index (κ1) is 15.1. The van der Waals surface area contributed by atoms with Gasteiger partial charge in [-0.15, -0.1) is 11.3 Å². The Balaban J connectivity index is 2.46. The number of carbonyl (C=O) groups excluding carboxylic acids is 1. The van der Waals surface area contributed by atoms with E-state index in [4.69, 9.17) is 15.7 Å². The summed E-state index contributed by atoms with van der Waals surface area (Å²) in [5.41, 5.74) is 6.58. The van der Waals surface area contributed by atoms with Crippen LogP contribution in [0.5, 0.6) is 5.75 Å². The zero-order chi connectivity index (χ0) is 15.6. The van der Waals surface area contributed by atoms with Crippen LogP contribution in [0.4, 0.5) is 5.69 Å². The normalized spacial score (nSPS) is 11.9. The van der Waals surface area contributed by atoms with Crippen LogP contribution >= 0.6 is 11.3 Å². The lowest BCUT2D eigenvalue weighted by Gasteiger charge is -2.22. The first-order valence-electron chi connectivity index (χ1n) is 6.50. The second-order valence-corrected chi connectivity index (χ2v) is 5.86. The average molecular weight is 303 g/mol. The summed E-state index contributed by atoms with van der Waals surface area (Å²) in [6.07, 6.45) is 0.288. The number of amides is 1. The molecule has 0 radical (unpaired) electrons. The summed E-state index contributed by atoms with van der Waals surface area (Å²) < 4.78 is 6.22. The van der Waals surface area contributed by atoms with Gasteiger partial charge in [-0.1, -0.05) is 6.07 Å². The van der Waals surface area contributed by atoms with E-state index >= 15 is 0 Å². The van der Waals surface area contributed by atoms with Crippen LogP contribution in [0.15, 0.2) is 18.2 Å². The van der Waals surface area contributed by atoms with Crippen molar-refractivity contribution in [2.45, 2.75) is 19.4 Å². The second-order valence-electron chi connectivity index (χ2n) is 4.81. The van der Waals surface area contributed by atoms with Gasteiger partial charge in [-0.25, -0.2) is 0 Å². The van der Waals surface area contributed by atoms with Gasteiger partial charge in [0.2, 0.25) is 0 Å². The van der Waals surface area contributed by atoms with Crippen LogP contribution in [-0.2, 0) is 0 Å². The third-order valence-corrected chi connectivity index (χ3v) is 4.66. The van der Waals surface area contributed by atoms with E-state index in [1.165, 1.54) is 11.3 Å². The number of nitrogens with zero attached hydrogens (tertiary/aromatic N) is 2. The standard InChI is InChI=1S/C15H17N3O2S/c1-9(7-8-16)18(2)15(19)14-13(17)12-10(20-3)5-4-6-11(12)21-14/h4-6,9H,7,17H2,1-3H3. The maximum absolute atomic E-state index is 12.6. The van der Waals surface area contributed by atoms with Gasteiger partial charge in [0.15, 0.2) is 0 Å². The molecule has 1 atom stereocenters. The number of hydrogen-bond donors (Lipinski definition) is 1. The van der Waals surface area contributed by atoms with Gasteiger partial charge in [-0.05, 0) is 19.1 Å². The lowest BCUT2D eigenvalue weighted by Crippen LogP contribution is -2.34. The molecule has 2 aromatic rings. The summed E-state index contributed by atoms with van der Waals surface area (Å²) in [5.74, 6) is 0.492. The molecule has 0 aliphatic rings. The molecule has 0 saturated heterocycles. The smallest absolute Gasteiger partial charge is 0.266 e. The zero-order valence-electron chi connectivity index (χ0n) is 12.2. The Bertz CT molecular complexity index is 718. The van der Waals surface area contributed by atoms with Crippen molar-refractivity contribution in [1.29, 1.82) is 5.26 Å². The first-order chi connectivity index (χ1) is 10.0. The third kappa shape index (κ3) is 2.65. The summed E-state index contributed by atoms with van der Waals surface area (Å²) in [4.78, 5) is 14.6. The lowest BCUT2D eigenvalue weighted by molar-refractivity contribution is 0.0752. The van der Waals surface area contributed by atoms with Gasteiger partial charge >= 0.3 is 0 Å². The highest BCUT2D eigenvalue weighted by Crippen LogP contribution is 2.39. The van der Waals surface area contributed by atoms with Gasteiger partial charge < -0.3 is 15.4 Å². The summed E-state index contributed by atoms with van der Waals surface area (Å²) in [6, 6.07) is 7.51. The molecule has 1 heterocycles. The van der Waals surface area contributed by atoms with E-state index in [-0.39, 0.29) is 18.4 Å². The highest BCUT2D eigenvalue weighted by atomic mass is 32.1. The molecule has 0 saturated carbocycles. The van der Waals surface area contributed by atoms with Crippen LogP contribution < -0.4 is 10.5 Å². The minimum Gasteiger partial charge on any atom is -0.496 e. The maximum atomic E-state index is 12.6. The van der Waals surface area contributed by atoms with Crippen LogP contribution in [0.2, 0.25) is 0 Å². The number of ether oxygens (including phenoxy) is 1. The quantitative estimate of drug-likeness (QED) is 0.942. The fourth-order valence-corrected chi connectivity index (χ4v) is 3.22. The molecular formula is C15H17N3O2S. The number of benzene rings is 1. The molecule has 6 heteroatoms. The second kappa shape index (κ2) is 6.02. The van der Waals surface area contributed by atoms with Gasteiger partial charge in [0.25, 0.3) is 5.91 Å². The lowest BCUT2D eigenvalue weighted by atomic mass is 10.2.